The Hall–Kier alpha value is -2.04. The van der Waals surface area contributed by atoms with Gasteiger partial charge in [-0.05, 0) is 18.4 Å². The Morgan fingerprint density at radius 2 is 1.78 bits per heavy atom. The molecule has 0 fully saturated rings. The van der Waals surface area contributed by atoms with E-state index in [4.69, 9.17) is 0 Å². The number of amides is 1. The van der Waals surface area contributed by atoms with Gasteiger partial charge in [-0.15, -0.1) is 0 Å². The van der Waals surface area contributed by atoms with Gasteiger partial charge < -0.3 is 16.0 Å². The zero-order chi connectivity index (χ0) is 16.8. The third-order valence-corrected chi connectivity index (χ3v) is 3.54. The van der Waals surface area contributed by atoms with Crippen LogP contribution in [-0.2, 0) is 11.2 Å². The number of carbonyl (C=O) groups is 1. The molecule has 0 aliphatic carbocycles. The maximum Gasteiger partial charge on any atom is 0.239 e. The van der Waals surface area contributed by atoms with Crippen molar-refractivity contribution in [3.05, 3.63) is 35.9 Å². The molecule has 0 aliphatic heterocycles. The molecule has 1 rings (SSSR count). The van der Waals surface area contributed by atoms with Crippen molar-refractivity contribution < 1.29 is 4.79 Å². The molecule has 23 heavy (non-hydrogen) atoms. The summed E-state index contributed by atoms with van der Waals surface area (Å²) in [6, 6.07) is 10.1. The number of carbonyl (C=O) groups excluding carboxylic acids is 1. The standard InChI is InChI=1S/C18H30N4O/c1-3-4-5-9-13-21-18(19-2)22-15-17(23)20-14-12-16-10-7-6-8-11-16/h6-8,10-11H,3-5,9,12-15H2,1-2H3,(H,20,23)(H2,19,21,22). The fourth-order valence-corrected chi connectivity index (χ4v) is 2.20. The lowest BCUT2D eigenvalue weighted by atomic mass is 10.1. The van der Waals surface area contributed by atoms with E-state index in [1.165, 1.54) is 24.8 Å². The summed E-state index contributed by atoms with van der Waals surface area (Å²) in [5.41, 5.74) is 1.23. The Morgan fingerprint density at radius 1 is 1.00 bits per heavy atom. The van der Waals surface area contributed by atoms with Crippen LogP contribution < -0.4 is 16.0 Å². The molecule has 5 heteroatoms. The molecule has 1 aromatic carbocycles. The number of hydrogen-bond donors (Lipinski definition) is 3. The summed E-state index contributed by atoms with van der Waals surface area (Å²) in [5.74, 6) is 0.662. The molecule has 1 aromatic rings. The van der Waals surface area contributed by atoms with Crippen molar-refractivity contribution in [2.45, 2.75) is 39.0 Å². The van der Waals surface area contributed by atoms with E-state index in [1.54, 1.807) is 7.05 Å². The van der Waals surface area contributed by atoms with Crippen molar-refractivity contribution in [3.63, 3.8) is 0 Å². The van der Waals surface area contributed by atoms with E-state index in [2.05, 4.69) is 40.0 Å². The zero-order valence-electron chi connectivity index (χ0n) is 14.4. The molecule has 1 amide bonds. The van der Waals surface area contributed by atoms with Crippen LogP contribution in [0.5, 0.6) is 0 Å². The topological polar surface area (TPSA) is 65.5 Å². The molecule has 0 radical (unpaired) electrons. The lowest BCUT2D eigenvalue weighted by molar-refractivity contribution is -0.119. The van der Waals surface area contributed by atoms with Crippen LogP contribution in [0.25, 0.3) is 0 Å². The van der Waals surface area contributed by atoms with Crippen molar-refractivity contribution in [2.75, 3.05) is 26.7 Å². The number of nitrogens with zero attached hydrogens (tertiary/aromatic N) is 1. The molecule has 0 atom stereocenters. The first-order valence-corrected chi connectivity index (χ1v) is 8.51. The maximum absolute atomic E-state index is 11.8. The van der Waals surface area contributed by atoms with E-state index in [1.807, 2.05) is 18.2 Å². The van der Waals surface area contributed by atoms with Gasteiger partial charge in [0.2, 0.25) is 5.91 Å². The van der Waals surface area contributed by atoms with Crippen LogP contribution in [0.4, 0.5) is 0 Å². The second-order valence-corrected chi connectivity index (χ2v) is 5.50. The smallest absolute Gasteiger partial charge is 0.239 e. The summed E-state index contributed by atoms with van der Waals surface area (Å²) in [4.78, 5) is 15.9. The molecule has 0 aliphatic rings. The highest BCUT2D eigenvalue weighted by Gasteiger charge is 2.03. The first-order valence-electron chi connectivity index (χ1n) is 8.51. The molecule has 0 spiro atoms. The van der Waals surface area contributed by atoms with Crippen LogP contribution >= 0.6 is 0 Å². The highest BCUT2D eigenvalue weighted by atomic mass is 16.1. The fourth-order valence-electron chi connectivity index (χ4n) is 2.20. The predicted octanol–water partition coefficient (Wildman–Crippen LogP) is 2.09. The van der Waals surface area contributed by atoms with Gasteiger partial charge in [0.15, 0.2) is 5.96 Å². The zero-order valence-corrected chi connectivity index (χ0v) is 14.4. The highest BCUT2D eigenvalue weighted by molar-refractivity contribution is 5.86. The Morgan fingerprint density at radius 3 is 2.48 bits per heavy atom. The second-order valence-electron chi connectivity index (χ2n) is 5.50. The van der Waals surface area contributed by atoms with Gasteiger partial charge in [0.25, 0.3) is 0 Å². The molecule has 0 unspecified atom stereocenters. The summed E-state index contributed by atoms with van der Waals surface area (Å²) in [6.07, 6.45) is 5.68. The Balaban J connectivity index is 2.11. The minimum Gasteiger partial charge on any atom is -0.356 e. The summed E-state index contributed by atoms with van der Waals surface area (Å²) in [6.45, 7) is 3.97. The monoisotopic (exact) mass is 318 g/mol. The van der Waals surface area contributed by atoms with Crippen molar-refractivity contribution >= 4 is 11.9 Å². The van der Waals surface area contributed by atoms with Crippen LogP contribution in [0, 0.1) is 0 Å². The van der Waals surface area contributed by atoms with Crippen LogP contribution in [0.2, 0.25) is 0 Å². The number of hydrogen-bond acceptors (Lipinski definition) is 2. The van der Waals surface area contributed by atoms with Gasteiger partial charge in [-0.1, -0.05) is 56.5 Å². The van der Waals surface area contributed by atoms with Gasteiger partial charge in [0, 0.05) is 20.1 Å². The molecule has 0 aromatic heterocycles. The lowest BCUT2D eigenvalue weighted by Crippen LogP contribution is -2.43. The van der Waals surface area contributed by atoms with Crippen LogP contribution in [0.15, 0.2) is 35.3 Å². The Labute approximate surface area is 140 Å². The molecule has 5 nitrogen and oxygen atoms in total. The molecule has 0 saturated heterocycles. The number of unbranched alkanes of at least 4 members (excludes halogenated alkanes) is 3. The molecular formula is C18H30N4O. The summed E-state index contributed by atoms with van der Waals surface area (Å²) in [7, 11) is 1.72. The minimum absolute atomic E-state index is 0.0186. The molecule has 128 valence electrons. The van der Waals surface area contributed by atoms with E-state index in [9.17, 15) is 4.79 Å². The van der Waals surface area contributed by atoms with Gasteiger partial charge in [-0.2, -0.15) is 0 Å². The van der Waals surface area contributed by atoms with Gasteiger partial charge in [-0.3, -0.25) is 9.79 Å². The van der Waals surface area contributed by atoms with E-state index in [0.29, 0.717) is 12.5 Å². The van der Waals surface area contributed by atoms with E-state index in [0.717, 1.165) is 19.4 Å². The molecular weight excluding hydrogens is 288 g/mol. The van der Waals surface area contributed by atoms with Gasteiger partial charge in [0.1, 0.15) is 0 Å². The highest BCUT2D eigenvalue weighted by Crippen LogP contribution is 1.98. The summed E-state index contributed by atoms with van der Waals surface area (Å²) >= 11 is 0. The number of benzene rings is 1. The van der Waals surface area contributed by atoms with Gasteiger partial charge >= 0.3 is 0 Å². The normalized spacial score (nSPS) is 11.1. The minimum atomic E-state index is -0.0186. The maximum atomic E-state index is 11.8. The first-order chi connectivity index (χ1) is 11.3. The van der Waals surface area contributed by atoms with Crippen molar-refractivity contribution in [3.8, 4) is 0 Å². The third kappa shape index (κ3) is 9.55. The molecule has 3 N–H and O–H groups in total. The van der Waals surface area contributed by atoms with Gasteiger partial charge in [0.05, 0.1) is 6.54 Å². The van der Waals surface area contributed by atoms with E-state index < -0.39 is 0 Å². The number of aliphatic imine (C=N–C) groups is 1. The average Bonchev–Trinajstić information content (AvgIpc) is 2.58. The van der Waals surface area contributed by atoms with Gasteiger partial charge in [-0.25, -0.2) is 0 Å². The SMILES string of the molecule is CCCCCCNC(=NC)NCC(=O)NCCc1ccccc1. The molecule has 0 heterocycles. The van der Waals surface area contributed by atoms with Crippen molar-refractivity contribution in [1.29, 1.82) is 0 Å². The molecule has 0 saturated carbocycles. The Bertz CT molecular complexity index is 459. The number of guanidine groups is 1. The largest absolute Gasteiger partial charge is 0.356 e. The summed E-state index contributed by atoms with van der Waals surface area (Å²) < 4.78 is 0. The Kier molecular flexibility index (Phi) is 10.3. The van der Waals surface area contributed by atoms with Crippen LogP contribution in [0.1, 0.15) is 38.2 Å². The fraction of sp³-hybridized carbons (Fsp3) is 0.556. The van der Waals surface area contributed by atoms with Crippen molar-refractivity contribution in [2.24, 2.45) is 4.99 Å². The summed E-state index contributed by atoms with van der Waals surface area (Å²) in [5, 5.41) is 9.17. The predicted molar refractivity (Wildman–Crippen MR) is 96.7 cm³/mol. The van der Waals surface area contributed by atoms with E-state index in [-0.39, 0.29) is 12.5 Å². The lowest BCUT2D eigenvalue weighted by Gasteiger charge is -2.12. The third-order valence-electron chi connectivity index (χ3n) is 3.54. The first kappa shape index (κ1) is 19.0. The van der Waals surface area contributed by atoms with Crippen LogP contribution in [-0.4, -0.2) is 38.5 Å². The average molecular weight is 318 g/mol. The van der Waals surface area contributed by atoms with Crippen molar-refractivity contribution in [1.82, 2.24) is 16.0 Å². The number of nitrogens with one attached hydrogen (secondary N) is 3. The quantitative estimate of drug-likeness (QED) is 0.352. The van der Waals surface area contributed by atoms with E-state index >= 15 is 0 Å². The molecule has 0 bridgehead atoms. The number of rotatable bonds is 10. The van der Waals surface area contributed by atoms with Crippen LogP contribution in [0.3, 0.4) is 0 Å². The second kappa shape index (κ2) is 12.5.